The second-order valence-electron chi connectivity index (χ2n) is 12.9. The Kier molecular flexibility index (Phi) is 6.81. The molecule has 3 nitrogen and oxygen atoms in total. The highest BCUT2D eigenvalue weighted by Crippen LogP contribution is 2.47. The Morgan fingerprint density at radius 1 is 0.392 bits per heavy atom. The Labute approximate surface area is 295 Å². The lowest BCUT2D eigenvalue weighted by Crippen LogP contribution is -2.11. The second kappa shape index (κ2) is 11.9. The van der Waals surface area contributed by atoms with Crippen LogP contribution in [0.25, 0.3) is 71.7 Å². The van der Waals surface area contributed by atoms with Crippen molar-refractivity contribution in [2.45, 2.75) is 0 Å². The summed E-state index contributed by atoms with van der Waals surface area (Å²) in [7, 11) is 0. The molecule has 0 unspecified atom stereocenters. The predicted octanol–water partition coefficient (Wildman–Crippen LogP) is 13.5. The molecule has 0 saturated carbocycles. The van der Waals surface area contributed by atoms with Crippen molar-refractivity contribution in [3.8, 4) is 27.9 Å². The van der Waals surface area contributed by atoms with Gasteiger partial charge in [-0.3, -0.25) is 0 Å². The van der Waals surface area contributed by atoms with Gasteiger partial charge < -0.3 is 13.9 Å². The maximum atomic E-state index is 6.42. The molecule has 0 aliphatic carbocycles. The van der Waals surface area contributed by atoms with Gasteiger partial charge in [-0.05, 0) is 77.4 Å². The minimum absolute atomic E-state index is 0.868. The fraction of sp³-hybridized carbons (Fsp3) is 0. The lowest BCUT2D eigenvalue weighted by molar-refractivity contribution is 0.669. The third-order valence-electron chi connectivity index (χ3n) is 10.00. The summed E-state index contributed by atoms with van der Waals surface area (Å²) in [6.45, 7) is 0. The van der Waals surface area contributed by atoms with Gasteiger partial charge in [-0.15, -0.1) is 0 Å². The first-order valence-electron chi connectivity index (χ1n) is 17.4. The number of hydrogen-bond acceptors (Lipinski definition) is 2. The van der Waals surface area contributed by atoms with E-state index in [9.17, 15) is 0 Å². The van der Waals surface area contributed by atoms with E-state index in [1.165, 1.54) is 33.0 Å². The zero-order valence-corrected chi connectivity index (χ0v) is 27.8. The Morgan fingerprint density at radius 2 is 1.00 bits per heavy atom. The number of nitrogens with zero attached hydrogens (tertiary/aromatic N) is 2. The van der Waals surface area contributed by atoms with Crippen LogP contribution in [-0.2, 0) is 0 Å². The molecule has 8 aromatic carbocycles. The zero-order chi connectivity index (χ0) is 33.7. The first-order valence-corrected chi connectivity index (χ1v) is 17.4. The number of fused-ring (bicyclic) bond motifs is 6. The molecule has 0 aliphatic heterocycles. The summed E-state index contributed by atoms with van der Waals surface area (Å²) in [6.07, 6.45) is 0. The van der Waals surface area contributed by atoms with Crippen LogP contribution in [-0.4, -0.2) is 4.57 Å². The number of benzene rings is 8. The topological polar surface area (TPSA) is 21.3 Å². The molecule has 10 rings (SSSR count). The Morgan fingerprint density at radius 3 is 1.82 bits per heavy atom. The summed E-state index contributed by atoms with van der Waals surface area (Å²) in [5.74, 6) is 0. The van der Waals surface area contributed by atoms with Crippen molar-refractivity contribution in [2.24, 2.45) is 0 Å². The lowest BCUT2D eigenvalue weighted by atomic mass is 10.0. The minimum atomic E-state index is 0.868. The number of hydrogen-bond donors (Lipinski definition) is 0. The molecule has 0 bridgehead atoms. The predicted molar refractivity (Wildman–Crippen MR) is 214 cm³/mol. The summed E-state index contributed by atoms with van der Waals surface area (Å²) in [6, 6.07) is 69.1. The van der Waals surface area contributed by atoms with E-state index in [0.29, 0.717) is 0 Å². The lowest BCUT2D eigenvalue weighted by Gasteiger charge is -2.28. The van der Waals surface area contributed by atoms with E-state index < -0.39 is 0 Å². The third-order valence-corrected chi connectivity index (χ3v) is 10.00. The van der Waals surface area contributed by atoms with E-state index >= 15 is 0 Å². The average Bonchev–Trinajstić information content (AvgIpc) is 3.75. The van der Waals surface area contributed by atoms with E-state index in [1.54, 1.807) is 0 Å². The van der Waals surface area contributed by atoms with Crippen LogP contribution in [0.2, 0.25) is 0 Å². The van der Waals surface area contributed by atoms with Crippen LogP contribution >= 0.6 is 0 Å². The Bertz CT molecular complexity index is 2850. The van der Waals surface area contributed by atoms with Gasteiger partial charge in [0.05, 0.1) is 27.8 Å². The van der Waals surface area contributed by atoms with Crippen molar-refractivity contribution in [1.82, 2.24) is 4.57 Å². The van der Waals surface area contributed by atoms with Crippen LogP contribution in [0.5, 0.6) is 0 Å². The van der Waals surface area contributed by atoms with E-state index in [0.717, 1.165) is 55.8 Å². The largest absolute Gasteiger partial charge is 0.456 e. The Hall–Kier alpha value is -6.84. The first-order chi connectivity index (χ1) is 25.3. The van der Waals surface area contributed by atoms with Crippen LogP contribution in [0, 0.1) is 0 Å². The van der Waals surface area contributed by atoms with Gasteiger partial charge in [-0.1, -0.05) is 133 Å². The van der Waals surface area contributed by atoms with Crippen molar-refractivity contribution < 1.29 is 4.42 Å². The summed E-state index contributed by atoms with van der Waals surface area (Å²) < 4.78 is 8.80. The van der Waals surface area contributed by atoms with Gasteiger partial charge in [-0.25, -0.2) is 0 Å². The molecule has 2 aromatic heterocycles. The van der Waals surface area contributed by atoms with Gasteiger partial charge in [0.25, 0.3) is 0 Å². The second-order valence-corrected chi connectivity index (χ2v) is 12.9. The van der Waals surface area contributed by atoms with Crippen LogP contribution in [0.4, 0.5) is 17.1 Å². The number of para-hydroxylation sites is 3. The van der Waals surface area contributed by atoms with Crippen molar-refractivity contribution in [1.29, 1.82) is 0 Å². The average molecular weight is 653 g/mol. The summed E-state index contributed by atoms with van der Waals surface area (Å²) >= 11 is 0. The maximum Gasteiger partial charge on any atom is 0.137 e. The molecular formula is C48H32N2O. The van der Waals surface area contributed by atoms with Gasteiger partial charge in [0.1, 0.15) is 11.2 Å². The van der Waals surface area contributed by atoms with Crippen molar-refractivity contribution in [3.05, 3.63) is 194 Å². The molecule has 0 spiro atoms. The smallest absolute Gasteiger partial charge is 0.137 e. The molecule has 240 valence electrons. The highest BCUT2D eigenvalue weighted by molar-refractivity contribution is 6.15. The first kappa shape index (κ1) is 29.1. The molecule has 0 N–H and O–H groups in total. The van der Waals surface area contributed by atoms with Crippen LogP contribution in [0.3, 0.4) is 0 Å². The van der Waals surface area contributed by atoms with Crippen LogP contribution in [0.15, 0.2) is 199 Å². The standard InChI is InChI=1S/C48H32N2O/c1-3-14-33(15-4-1)34-26-28-36(29-27-34)49-43-22-11-8-19-39(43)41-32-37(30-31-44(41)49)50(42-21-10-7-18-38(42)35-16-5-2-6-17-35)45-23-13-25-47-48(45)40-20-9-12-24-46(40)51-47/h1-32H. The van der Waals surface area contributed by atoms with Crippen LogP contribution in [0.1, 0.15) is 0 Å². The summed E-state index contributed by atoms with van der Waals surface area (Å²) in [4.78, 5) is 2.41. The molecule has 0 radical (unpaired) electrons. The third kappa shape index (κ3) is 4.82. The molecule has 0 fully saturated rings. The van der Waals surface area contributed by atoms with E-state index in [1.807, 2.05) is 6.07 Å². The van der Waals surface area contributed by atoms with Gasteiger partial charge in [0, 0.05) is 33.1 Å². The van der Waals surface area contributed by atoms with Crippen molar-refractivity contribution in [3.63, 3.8) is 0 Å². The maximum absolute atomic E-state index is 6.42. The highest BCUT2D eigenvalue weighted by atomic mass is 16.3. The van der Waals surface area contributed by atoms with Gasteiger partial charge in [-0.2, -0.15) is 0 Å². The quantitative estimate of drug-likeness (QED) is 0.178. The molecule has 0 saturated heterocycles. The van der Waals surface area contributed by atoms with Gasteiger partial charge >= 0.3 is 0 Å². The van der Waals surface area contributed by atoms with Crippen molar-refractivity contribution >= 4 is 60.8 Å². The molecule has 0 atom stereocenters. The molecule has 3 heteroatoms. The molecule has 0 aliphatic rings. The molecule has 2 heterocycles. The zero-order valence-electron chi connectivity index (χ0n) is 27.8. The van der Waals surface area contributed by atoms with E-state index in [4.69, 9.17) is 4.42 Å². The number of rotatable bonds is 6. The van der Waals surface area contributed by atoms with E-state index in [-0.39, 0.29) is 0 Å². The summed E-state index contributed by atoms with van der Waals surface area (Å²) in [5.41, 5.74) is 13.2. The molecule has 10 aromatic rings. The number of anilines is 3. The fourth-order valence-electron chi connectivity index (χ4n) is 7.69. The van der Waals surface area contributed by atoms with E-state index in [2.05, 4.69) is 198 Å². The molecule has 51 heavy (non-hydrogen) atoms. The SMILES string of the molecule is c1ccc(-c2ccc(-n3c4ccccc4c4cc(N(c5ccccc5-c5ccccc5)c5cccc6oc7ccccc7c56)ccc43)cc2)cc1. The van der Waals surface area contributed by atoms with Gasteiger partial charge in [0.2, 0.25) is 0 Å². The Balaban J connectivity index is 1.22. The monoisotopic (exact) mass is 652 g/mol. The molecule has 0 amide bonds. The molecular weight excluding hydrogens is 621 g/mol. The summed E-state index contributed by atoms with van der Waals surface area (Å²) in [5, 5.41) is 4.60. The van der Waals surface area contributed by atoms with Gasteiger partial charge in [0.15, 0.2) is 0 Å². The number of aromatic nitrogens is 1. The van der Waals surface area contributed by atoms with Crippen molar-refractivity contribution in [2.75, 3.05) is 4.90 Å². The highest BCUT2D eigenvalue weighted by Gasteiger charge is 2.23. The number of furan rings is 1. The van der Waals surface area contributed by atoms with Crippen LogP contribution < -0.4 is 4.90 Å². The fourth-order valence-corrected chi connectivity index (χ4v) is 7.69. The normalized spacial score (nSPS) is 11.5. The minimum Gasteiger partial charge on any atom is -0.456 e.